The molecule has 2 rings (SSSR count). The summed E-state index contributed by atoms with van der Waals surface area (Å²) >= 11 is 0. The van der Waals surface area contributed by atoms with Gasteiger partial charge in [0.25, 0.3) is 0 Å². The molecule has 104 valence electrons. The molecule has 0 saturated heterocycles. The molecule has 1 aromatic carbocycles. The Kier molecular flexibility index (Phi) is 4.43. The van der Waals surface area contributed by atoms with Gasteiger partial charge in [0.05, 0.1) is 7.11 Å². The highest BCUT2D eigenvalue weighted by atomic mass is 16.5. The van der Waals surface area contributed by atoms with E-state index in [1.54, 1.807) is 13.2 Å². The van der Waals surface area contributed by atoms with Crippen LogP contribution in [0.4, 0.5) is 0 Å². The van der Waals surface area contributed by atoms with Crippen LogP contribution in [0.15, 0.2) is 18.2 Å². The van der Waals surface area contributed by atoms with Crippen LogP contribution in [0.3, 0.4) is 0 Å². The van der Waals surface area contributed by atoms with Crippen LogP contribution in [0, 0.1) is 0 Å². The summed E-state index contributed by atoms with van der Waals surface area (Å²) in [6.07, 6.45) is 2.57. The van der Waals surface area contributed by atoms with Gasteiger partial charge in [0.2, 0.25) is 0 Å². The Morgan fingerprint density at radius 2 is 2.05 bits per heavy atom. The van der Waals surface area contributed by atoms with Crippen molar-refractivity contribution in [1.82, 2.24) is 4.90 Å². The fraction of sp³-hybridized carbons (Fsp3) is 0.533. The molecule has 0 aromatic heterocycles. The minimum atomic E-state index is -0.0389. The van der Waals surface area contributed by atoms with Gasteiger partial charge in [-0.05, 0) is 38.9 Å². The first-order valence-electron chi connectivity index (χ1n) is 6.64. The van der Waals surface area contributed by atoms with Crippen LogP contribution < -0.4 is 9.47 Å². The summed E-state index contributed by atoms with van der Waals surface area (Å²) in [4.78, 5) is 14.0. The molecular formula is C15H21NO3. The van der Waals surface area contributed by atoms with Crippen molar-refractivity contribution in [2.45, 2.75) is 25.8 Å². The van der Waals surface area contributed by atoms with Gasteiger partial charge in [0.15, 0.2) is 5.78 Å². The van der Waals surface area contributed by atoms with Crippen molar-refractivity contribution in [3.05, 3.63) is 23.8 Å². The third kappa shape index (κ3) is 3.47. The highest BCUT2D eigenvalue weighted by molar-refractivity contribution is 5.99. The maximum Gasteiger partial charge on any atom is 0.167 e. The summed E-state index contributed by atoms with van der Waals surface area (Å²) in [7, 11) is 3.67. The lowest BCUT2D eigenvalue weighted by Crippen LogP contribution is -2.26. The highest BCUT2D eigenvalue weighted by Gasteiger charge is 2.25. The van der Waals surface area contributed by atoms with E-state index in [0.29, 0.717) is 23.7 Å². The lowest BCUT2D eigenvalue weighted by Gasteiger charge is -2.17. The fourth-order valence-electron chi connectivity index (χ4n) is 2.15. The van der Waals surface area contributed by atoms with E-state index < -0.39 is 0 Å². The number of methoxy groups -OCH3 is 1. The van der Waals surface area contributed by atoms with Gasteiger partial charge in [-0.2, -0.15) is 0 Å². The molecule has 0 heterocycles. The molecule has 0 amide bonds. The Morgan fingerprint density at radius 3 is 2.63 bits per heavy atom. The van der Waals surface area contributed by atoms with E-state index in [0.717, 1.165) is 12.6 Å². The standard InChI is InChI=1S/C15H21NO3/c1-11(17)15-13(18-3)5-4-6-14(15)19-10-9-16(2)12-7-8-12/h4-6,12H,7-10H2,1-3H3. The molecule has 0 bridgehead atoms. The van der Waals surface area contributed by atoms with Gasteiger partial charge >= 0.3 is 0 Å². The largest absolute Gasteiger partial charge is 0.496 e. The van der Waals surface area contributed by atoms with Crippen LogP contribution in [0.5, 0.6) is 11.5 Å². The van der Waals surface area contributed by atoms with E-state index in [1.165, 1.54) is 19.8 Å². The summed E-state index contributed by atoms with van der Waals surface area (Å²) in [5, 5.41) is 0. The third-order valence-electron chi connectivity index (χ3n) is 3.43. The number of likely N-dealkylation sites (N-methyl/N-ethyl adjacent to an activating group) is 1. The first kappa shape index (κ1) is 13.9. The second-order valence-corrected chi connectivity index (χ2v) is 4.95. The zero-order valence-electron chi connectivity index (χ0n) is 11.8. The molecule has 0 aliphatic heterocycles. The van der Waals surface area contributed by atoms with Crippen molar-refractivity contribution in [3.8, 4) is 11.5 Å². The van der Waals surface area contributed by atoms with Crippen molar-refractivity contribution in [1.29, 1.82) is 0 Å². The number of benzene rings is 1. The SMILES string of the molecule is COc1cccc(OCCN(C)C2CC2)c1C(C)=O. The second kappa shape index (κ2) is 6.06. The predicted molar refractivity (Wildman–Crippen MR) is 74.1 cm³/mol. The van der Waals surface area contributed by atoms with Crippen LogP contribution in [-0.4, -0.2) is 44.0 Å². The summed E-state index contributed by atoms with van der Waals surface area (Å²) in [5.74, 6) is 1.14. The lowest BCUT2D eigenvalue weighted by molar-refractivity contribution is 0.101. The van der Waals surface area contributed by atoms with Gasteiger partial charge in [-0.3, -0.25) is 4.79 Å². The fourth-order valence-corrected chi connectivity index (χ4v) is 2.15. The summed E-state index contributed by atoms with van der Waals surface area (Å²) in [6, 6.07) is 6.16. The number of ether oxygens (including phenoxy) is 2. The minimum Gasteiger partial charge on any atom is -0.496 e. The Hall–Kier alpha value is -1.55. The summed E-state index contributed by atoms with van der Waals surface area (Å²) in [6.45, 7) is 2.99. The number of rotatable bonds is 7. The third-order valence-corrected chi connectivity index (χ3v) is 3.43. The molecule has 4 nitrogen and oxygen atoms in total. The van der Waals surface area contributed by atoms with E-state index in [-0.39, 0.29) is 5.78 Å². The number of ketones is 1. The van der Waals surface area contributed by atoms with Crippen molar-refractivity contribution < 1.29 is 14.3 Å². The molecule has 4 heteroatoms. The zero-order valence-corrected chi connectivity index (χ0v) is 11.8. The molecule has 0 atom stereocenters. The molecule has 1 aliphatic carbocycles. The molecule has 1 saturated carbocycles. The van der Waals surface area contributed by atoms with Crippen LogP contribution in [0.1, 0.15) is 30.1 Å². The van der Waals surface area contributed by atoms with Crippen molar-refractivity contribution in [2.75, 3.05) is 27.3 Å². The van der Waals surface area contributed by atoms with Gasteiger partial charge in [-0.1, -0.05) is 6.07 Å². The molecule has 1 aliphatic rings. The van der Waals surface area contributed by atoms with E-state index in [4.69, 9.17) is 9.47 Å². The van der Waals surface area contributed by atoms with Crippen LogP contribution in [0.25, 0.3) is 0 Å². The van der Waals surface area contributed by atoms with Crippen LogP contribution in [-0.2, 0) is 0 Å². The molecule has 0 radical (unpaired) electrons. The predicted octanol–water partition coefficient (Wildman–Crippen LogP) is 2.37. The smallest absolute Gasteiger partial charge is 0.167 e. The minimum absolute atomic E-state index is 0.0389. The topological polar surface area (TPSA) is 38.8 Å². The maximum atomic E-state index is 11.7. The van der Waals surface area contributed by atoms with Crippen molar-refractivity contribution >= 4 is 5.78 Å². The molecule has 0 spiro atoms. The summed E-state index contributed by atoms with van der Waals surface area (Å²) < 4.78 is 11.0. The summed E-state index contributed by atoms with van der Waals surface area (Å²) in [5.41, 5.74) is 0.527. The Bertz CT molecular complexity index is 455. The number of nitrogens with zero attached hydrogens (tertiary/aromatic N) is 1. The number of carbonyl (C=O) groups excluding carboxylic acids is 1. The Balaban J connectivity index is 2.00. The van der Waals surface area contributed by atoms with E-state index in [1.807, 2.05) is 12.1 Å². The normalized spacial score (nSPS) is 14.5. The van der Waals surface area contributed by atoms with Gasteiger partial charge in [-0.25, -0.2) is 0 Å². The lowest BCUT2D eigenvalue weighted by atomic mass is 10.1. The number of hydrogen-bond acceptors (Lipinski definition) is 4. The Morgan fingerprint density at radius 1 is 1.37 bits per heavy atom. The monoisotopic (exact) mass is 263 g/mol. The first-order chi connectivity index (χ1) is 9.13. The molecular weight excluding hydrogens is 242 g/mol. The first-order valence-corrected chi connectivity index (χ1v) is 6.64. The van der Waals surface area contributed by atoms with Crippen molar-refractivity contribution in [3.63, 3.8) is 0 Å². The molecule has 1 fully saturated rings. The van der Waals surface area contributed by atoms with Gasteiger partial charge in [0, 0.05) is 12.6 Å². The van der Waals surface area contributed by atoms with E-state index in [2.05, 4.69) is 11.9 Å². The van der Waals surface area contributed by atoms with Gasteiger partial charge in [-0.15, -0.1) is 0 Å². The molecule has 1 aromatic rings. The maximum absolute atomic E-state index is 11.7. The number of hydrogen-bond donors (Lipinski definition) is 0. The van der Waals surface area contributed by atoms with Crippen LogP contribution in [0.2, 0.25) is 0 Å². The van der Waals surface area contributed by atoms with Crippen molar-refractivity contribution in [2.24, 2.45) is 0 Å². The van der Waals surface area contributed by atoms with Gasteiger partial charge < -0.3 is 14.4 Å². The second-order valence-electron chi connectivity index (χ2n) is 4.95. The number of Topliss-reactive ketones (excluding diaryl/α,β-unsaturated/α-hetero) is 1. The molecule has 0 N–H and O–H groups in total. The average Bonchev–Trinajstić information content (AvgIpc) is 3.22. The van der Waals surface area contributed by atoms with E-state index in [9.17, 15) is 4.79 Å². The Labute approximate surface area is 114 Å². The van der Waals surface area contributed by atoms with Crippen LogP contribution >= 0.6 is 0 Å². The zero-order chi connectivity index (χ0) is 13.8. The number of carbonyl (C=O) groups is 1. The van der Waals surface area contributed by atoms with E-state index >= 15 is 0 Å². The quantitative estimate of drug-likeness (QED) is 0.708. The highest BCUT2D eigenvalue weighted by Crippen LogP contribution is 2.29. The molecule has 19 heavy (non-hydrogen) atoms. The average molecular weight is 263 g/mol. The molecule has 0 unspecified atom stereocenters. The van der Waals surface area contributed by atoms with Gasteiger partial charge in [0.1, 0.15) is 23.7 Å².